The van der Waals surface area contributed by atoms with Crippen LogP contribution in [0.5, 0.6) is 0 Å². The predicted molar refractivity (Wildman–Crippen MR) is 81.1 cm³/mol. The van der Waals surface area contributed by atoms with Crippen molar-refractivity contribution in [2.75, 3.05) is 25.5 Å². The van der Waals surface area contributed by atoms with Crippen LogP contribution < -0.4 is 10.2 Å². The van der Waals surface area contributed by atoms with Gasteiger partial charge in [0.05, 0.1) is 6.07 Å². The van der Waals surface area contributed by atoms with Gasteiger partial charge in [-0.25, -0.2) is 0 Å². The lowest BCUT2D eigenvalue weighted by Gasteiger charge is -2.24. The monoisotopic (exact) mass is 259 g/mol. The average molecular weight is 259 g/mol. The number of rotatable bonds is 7. The van der Waals surface area contributed by atoms with Crippen molar-refractivity contribution in [2.24, 2.45) is 5.41 Å². The van der Waals surface area contributed by atoms with Gasteiger partial charge >= 0.3 is 0 Å². The first-order valence-corrected chi connectivity index (χ1v) is 6.78. The highest BCUT2D eigenvalue weighted by atomic mass is 15.1. The molecule has 19 heavy (non-hydrogen) atoms. The lowest BCUT2D eigenvalue weighted by molar-refractivity contribution is 0.317. The number of benzene rings is 1. The summed E-state index contributed by atoms with van der Waals surface area (Å²) in [6, 6.07) is 10.8. The summed E-state index contributed by atoms with van der Waals surface area (Å²) < 4.78 is 0. The van der Waals surface area contributed by atoms with Crippen molar-refractivity contribution in [3.63, 3.8) is 0 Å². The number of nitrogens with one attached hydrogen (secondary N) is 1. The number of hydrogen-bond donors (Lipinski definition) is 1. The predicted octanol–water partition coefficient (Wildman–Crippen LogP) is 3.17. The maximum Gasteiger partial charge on any atom is 0.0621 e. The van der Waals surface area contributed by atoms with Gasteiger partial charge in [-0.3, -0.25) is 0 Å². The van der Waals surface area contributed by atoms with E-state index in [0.717, 1.165) is 19.5 Å². The summed E-state index contributed by atoms with van der Waals surface area (Å²) in [5.74, 6) is 0. The molecule has 0 radical (unpaired) electrons. The van der Waals surface area contributed by atoms with Gasteiger partial charge in [-0.05, 0) is 29.5 Å². The summed E-state index contributed by atoms with van der Waals surface area (Å²) in [4.78, 5) is 2.10. The molecule has 0 unspecified atom stereocenters. The van der Waals surface area contributed by atoms with E-state index in [1.54, 1.807) is 0 Å². The maximum atomic E-state index is 8.63. The first kappa shape index (κ1) is 15.5. The van der Waals surface area contributed by atoms with Crippen LogP contribution in [0.4, 0.5) is 5.69 Å². The maximum absolute atomic E-state index is 8.63. The minimum atomic E-state index is 0.180. The zero-order chi connectivity index (χ0) is 14.3. The van der Waals surface area contributed by atoms with Gasteiger partial charge in [-0.2, -0.15) is 5.26 Å². The molecule has 0 aliphatic carbocycles. The largest absolute Gasteiger partial charge is 0.378 e. The van der Waals surface area contributed by atoms with Gasteiger partial charge in [-0.1, -0.05) is 26.0 Å². The Morgan fingerprint density at radius 3 is 2.37 bits per heavy atom. The minimum Gasteiger partial charge on any atom is -0.378 e. The molecule has 0 spiro atoms. The Balaban J connectivity index is 2.39. The second-order valence-electron chi connectivity index (χ2n) is 5.99. The van der Waals surface area contributed by atoms with Crippen molar-refractivity contribution in [3.8, 4) is 6.07 Å². The minimum absolute atomic E-state index is 0.180. The van der Waals surface area contributed by atoms with Gasteiger partial charge in [0.25, 0.3) is 0 Å². The van der Waals surface area contributed by atoms with Gasteiger partial charge in [0.15, 0.2) is 0 Å². The van der Waals surface area contributed by atoms with Crippen LogP contribution in [0, 0.1) is 16.7 Å². The summed E-state index contributed by atoms with van der Waals surface area (Å²) in [6.07, 6.45) is 1.57. The van der Waals surface area contributed by atoms with Crippen LogP contribution in [0.2, 0.25) is 0 Å². The molecule has 104 valence electrons. The lowest BCUT2D eigenvalue weighted by atomic mass is 9.88. The fraction of sp³-hybridized carbons (Fsp3) is 0.562. The first-order valence-electron chi connectivity index (χ1n) is 6.78. The number of nitrogens with zero attached hydrogens (tertiary/aromatic N) is 2. The molecule has 0 amide bonds. The first-order chi connectivity index (χ1) is 8.94. The van der Waals surface area contributed by atoms with Gasteiger partial charge in [0.2, 0.25) is 0 Å². The van der Waals surface area contributed by atoms with Crippen molar-refractivity contribution >= 4 is 5.69 Å². The third-order valence-corrected chi connectivity index (χ3v) is 3.30. The molecule has 3 heteroatoms. The van der Waals surface area contributed by atoms with E-state index in [0.29, 0.717) is 6.42 Å². The molecule has 0 aliphatic rings. The number of anilines is 1. The van der Waals surface area contributed by atoms with Crippen LogP contribution in [0.1, 0.15) is 32.3 Å². The van der Waals surface area contributed by atoms with E-state index in [2.05, 4.69) is 54.4 Å². The summed E-state index contributed by atoms with van der Waals surface area (Å²) in [6.45, 7) is 6.22. The SMILES string of the molecule is CN(C)c1ccc(CNCC(C)(C)CCC#N)cc1. The van der Waals surface area contributed by atoms with Crippen LogP contribution in [-0.2, 0) is 6.54 Å². The molecule has 1 N–H and O–H groups in total. The summed E-state index contributed by atoms with van der Waals surface area (Å²) in [7, 11) is 4.09. The Bertz CT molecular complexity index is 413. The molecule has 1 aromatic rings. The molecule has 0 saturated carbocycles. The van der Waals surface area contributed by atoms with Crippen LogP contribution >= 0.6 is 0 Å². The molecule has 1 rings (SSSR count). The van der Waals surface area contributed by atoms with Crippen LogP contribution in [0.15, 0.2) is 24.3 Å². The molecule has 0 aromatic heterocycles. The molecule has 0 heterocycles. The molecule has 0 bridgehead atoms. The van der Waals surface area contributed by atoms with E-state index in [1.807, 2.05) is 14.1 Å². The Hall–Kier alpha value is -1.53. The molecule has 0 fully saturated rings. The van der Waals surface area contributed by atoms with Crippen molar-refractivity contribution in [1.29, 1.82) is 5.26 Å². The number of nitriles is 1. The third kappa shape index (κ3) is 5.76. The van der Waals surface area contributed by atoms with E-state index < -0.39 is 0 Å². The van der Waals surface area contributed by atoms with Gasteiger partial charge in [0, 0.05) is 39.3 Å². The second kappa shape index (κ2) is 7.16. The molecule has 0 saturated heterocycles. The summed E-state index contributed by atoms with van der Waals surface area (Å²) in [5.41, 5.74) is 2.69. The highest BCUT2D eigenvalue weighted by Gasteiger charge is 2.16. The van der Waals surface area contributed by atoms with E-state index in [9.17, 15) is 0 Å². The third-order valence-electron chi connectivity index (χ3n) is 3.30. The van der Waals surface area contributed by atoms with E-state index in [1.165, 1.54) is 11.3 Å². The highest BCUT2D eigenvalue weighted by molar-refractivity contribution is 5.45. The Kier molecular flexibility index (Phi) is 5.85. The summed E-state index contributed by atoms with van der Waals surface area (Å²) in [5, 5.41) is 12.1. The zero-order valence-electron chi connectivity index (χ0n) is 12.5. The highest BCUT2D eigenvalue weighted by Crippen LogP contribution is 2.21. The Morgan fingerprint density at radius 1 is 1.21 bits per heavy atom. The van der Waals surface area contributed by atoms with Crippen LogP contribution in [-0.4, -0.2) is 20.6 Å². The molecular weight excluding hydrogens is 234 g/mol. The fourth-order valence-corrected chi connectivity index (χ4v) is 1.94. The van der Waals surface area contributed by atoms with Crippen LogP contribution in [0.25, 0.3) is 0 Å². The van der Waals surface area contributed by atoms with Crippen LogP contribution in [0.3, 0.4) is 0 Å². The fourth-order valence-electron chi connectivity index (χ4n) is 1.94. The summed E-state index contributed by atoms with van der Waals surface area (Å²) >= 11 is 0. The molecule has 0 aliphatic heterocycles. The van der Waals surface area contributed by atoms with Crippen molar-refractivity contribution in [1.82, 2.24) is 5.32 Å². The molecule has 3 nitrogen and oxygen atoms in total. The molecule has 0 atom stereocenters. The lowest BCUT2D eigenvalue weighted by Crippen LogP contribution is -2.29. The molecule has 1 aromatic carbocycles. The average Bonchev–Trinajstić information content (AvgIpc) is 2.37. The Labute approximate surface area is 117 Å². The standard InChI is InChI=1S/C16H25N3/c1-16(2,10-5-11-17)13-18-12-14-6-8-15(9-7-14)19(3)4/h6-9,18H,5,10,12-13H2,1-4H3. The van der Waals surface area contributed by atoms with E-state index >= 15 is 0 Å². The number of hydrogen-bond acceptors (Lipinski definition) is 3. The Morgan fingerprint density at radius 2 is 1.84 bits per heavy atom. The topological polar surface area (TPSA) is 39.1 Å². The molecular formula is C16H25N3. The van der Waals surface area contributed by atoms with Gasteiger partial charge in [0.1, 0.15) is 0 Å². The van der Waals surface area contributed by atoms with Crippen molar-refractivity contribution < 1.29 is 0 Å². The quantitative estimate of drug-likeness (QED) is 0.817. The van der Waals surface area contributed by atoms with Crippen molar-refractivity contribution in [2.45, 2.75) is 33.2 Å². The van der Waals surface area contributed by atoms with Gasteiger partial charge in [-0.15, -0.1) is 0 Å². The van der Waals surface area contributed by atoms with Crippen molar-refractivity contribution in [3.05, 3.63) is 29.8 Å². The van der Waals surface area contributed by atoms with E-state index in [-0.39, 0.29) is 5.41 Å². The van der Waals surface area contributed by atoms with Gasteiger partial charge < -0.3 is 10.2 Å². The zero-order valence-corrected chi connectivity index (χ0v) is 12.5. The normalized spacial score (nSPS) is 11.1. The smallest absolute Gasteiger partial charge is 0.0621 e. The second-order valence-corrected chi connectivity index (χ2v) is 5.99. The van der Waals surface area contributed by atoms with E-state index in [4.69, 9.17) is 5.26 Å².